The molecule has 114 valence electrons. The van der Waals surface area contributed by atoms with Gasteiger partial charge in [-0.2, -0.15) is 0 Å². The van der Waals surface area contributed by atoms with Crippen LogP contribution in [0.1, 0.15) is 13.3 Å². The predicted octanol–water partition coefficient (Wildman–Crippen LogP) is 4.31. The van der Waals surface area contributed by atoms with E-state index in [1.807, 2.05) is 24.3 Å². The second-order valence-electron chi connectivity index (χ2n) is 5.35. The Bertz CT molecular complexity index is 612. The molecule has 3 nitrogen and oxygen atoms in total. The van der Waals surface area contributed by atoms with Crippen LogP contribution < -0.4 is 0 Å². The first-order valence-corrected chi connectivity index (χ1v) is 9.00. The number of alkyl halides is 2. The molecule has 0 amide bonds. The van der Waals surface area contributed by atoms with Gasteiger partial charge in [-0.25, -0.2) is 4.98 Å². The summed E-state index contributed by atoms with van der Waals surface area (Å²) in [7, 11) is 0. The number of benzene rings is 1. The van der Waals surface area contributed by atoms with Crippen molar-refractivity contribution in [1.82, 2.24) is 4.98 Å². The molecule has 21 heavy (non-hydrogen) atoms. The lowest BCUT2D eigenvalue weighted by atomic mass is 9.86. The molecule has 0 aliphatic carbocycles. The molecular weight excluding hydrogens is 349 g/mol. The number of aliphatic hydroxyl groups is 1. The number of thiazole rings is 1. The zero-order valence-electron chi connectivity index (χ0n) is 11.4. The largest absolute Gasteiger partial charge is 0.390 e. The van der Waals surface area contributed by atoms with Gasteiger partial charge in [0.25, 0.3) is 0 Å². The van der Waals surface area contributed by atoms with Gasteiger partial charge in [0, 0.05) is 6.61 Å². The summed E-state index contributed by atoms with van der Waals surface area (Å²) in [5, 5.41) is 10.5. The molecule has 0 bridgehead atoms. The summed E-state index contributed by atoms with van der Waals surface area (Å²) < 4.78 is 6.15. The molecule has 1 N–H and O–H groups in total. The Balaban J connectivity index is 1.84. The number of para-hydroxylation sites is 1. The number of aromatic nitrogens is 1. The van der Waals surface area contributed by atoms with Gasteiger partial charge in [-0.15, -0.1) is 11.3 Å². The lowest BCUT2D eigenvalue weighted by Gasteiger charge is -2.42. The van der Waals surface area contributed by atoms with Crippen LogP contribution in [0.5, 0.6) is 0 Å². The number of hydrogen-bond acceptors (Lipinski definition) is 5. The van der Waals surface area contributed by atoms with Crippen molar-refractivity contribution < 1.29 is 9.84 Å². The van der Waals surface area contributed by atoms with E-state index in [1.54, 1.807) is 18.3 Å². The predicted molar refractivity (Wildman–Crippen MR) is 89.5 cm³/mol. The third kappa shape index (κ3) is 3.33. The molecule has 2 atom stereocenters. The minimum atomic E-state index is -1.18. The van der Waals surface area contributed by atoms with E-state index in [-0.39, 0.29) is 5.92 Å². The number of fused-ring (bicyclic) bond motifs is 1. The van der Waals surface area contributed by atoms with Crippen LogP contribution in [0.15, 0.2) is 28.6 Å². The highest BCUT2D eigenvalue weighted by Gasteiger charge is 2.49. The Hall–Kier alpha value is -0.0400. The van der Waals surface area contributed by atoms with Gasteiger partial charge < -0.3 is 9.84 Å². The number of halogens is 2. The Morgan fingerprint density at radius 3 is 2.95 bits per heavy atom. The fourth-order valence-electron chi connectivity index (χ4n) is 2.38. The molecule has 7 heteroatoms. The molecule has 2 unspecified atom stereocenters. The van der Waals surface area contributed by atoms with Crippen molar-refractivity contribution in [2.45, 2.75) is 27.0 Å². The number of ether oxygens (including phenoxy) is 1. The standard InChI is InChI=1S/C14H15Cl2NO2S2/c1-13(18)6-7-19-8-11(13)14(15,16)21-12-17-9-4-2-3-5-10(9)20-12/h2-5,11,18H,6-8H2,1H3. The highest BCUT2D eigenvalue weighted by Crippen LogP contribution is 2.52. The quantitative estimate of drug-likeness (QED) is 0.651. The third-order valence-electron chi connectivity index (χ3n) is 3.69. The number of hydrogen-bond donors (Lipinski definition) is 1. The van der Waals surface area contributed by atoms with Gasteiger partial charge in [0.05, 0.1) is 28.3 Å². The highest BCUT2D eigenvalue weighted by molar-refractivity contribution is 8.04. The van der Waals surface area contributed by atoms with Gasteiger partial charge in [0.15, 0.2) is 8.01 Å². The normalized spacial score (nSPS) is 27.1. The molecule has 1 aliphatic heterocycles. The summed E-state index contributed by atoms with van der Waals surface area (Å²) in [6, 6.07) is 7.90. The van der Waals surface area contributed by atoms with E-state index >= 15 is 0 Å². The van der Waals surface area contributed by atoms with Crippen LogP contribution in [-0.2, 0) is 4.74 Å². The van der Waals surface area contributed by atoms with Crippen molar-refractivity contribution in [2.24, 2.45) is 5.92 Å². The molecule has 1 aliphatic rings. The van der Waals surface area contributed by atoms with Crippen LogP contribution in [0.4, 0.5) is 0 Å². The summed E-state index contributed by atoms with van der Waals surface area (Å²) in [5.74, 6) is -0.376. The summed E-state index contributed by atoms with van der Waals surface area (Å²) in [4.78, 5) is 4.53. The first-order chi connectivity index (χ1) is 9.88. The van der Waals surface area contributed by atoms with Crippen LogP contribution in [0.25, 0.3) is 10.2 Å². The van der Waals surface area contributed by atoms with Gasteiger partial charge in [-0.3, -0.25) is 0 Å². The molecule has 1 aromatic heterocycles. The van der Waals surface area contributed by atoms with E-state index in [1.165, 1.54) is 11.8 Å². The van der Waals surface area contributed by atoms with Gasteiger partial charge in [-0.1, -0.05) is 47.1 Å². The molecule has 0 spiro atoms. The summed E-state index contributed by atoms with van der Waals surface area (Å²) >= 11 is 15.9. The SMILES string of the molecule is CC1(O)CCOCC1C(Cl)(Cl)Sc1nc2ccccc2s1. The second-order valence-corrected chi connectivity index (χ2v) is 9.70. The molecule has 0 saturated carbocycles. The first-order valence-electron chi connectivity index (χ1n) is 6.61. The van der Waals surface area contributed by atoms with Crippen LogP contribution >= 0.6 is 46.3 Å². The van der Waals surface area contributed by atoms with Crippen LogP contribution in [0.2, 0.25) is 0 Å². The first kappa shape index (κ1) is 15.8. The van der Waals surface area contributed by atoms with Crippen LogP contribution in [0, 0.1) is 5.92 Å². The molecular formula is C14H15Cl2NO2S2. The maximum Gasteiger partial charge on any atom is 0.177 e. The van der Waals surface area contributed by atoms with E-state index in [2.05, 4.69) is 4.98 Å². The second kappa shape index (κ2) is 5.87. The zero-order valence-corrected chi connectivity index (χ0v) is 14.5. The smallest absolute Gasteiger partial charge is 0.177 e. The van der Waals surface area contributed by atoms with Crippen molar-refractivity contribution in [3.05, 3.63) is 24.3 Å². The Kier molecular flexibility index (Phi) is 4.43. The average Bonchev–Trinajstić information content (AvgIpc) is 2.78. The van der Waals surface area contributed by atoms with E-state index in [0.717, 1.165) is 14.6 Å². The van der Waals surface area contributed by atoms with Gasteiger partial charge in [0.2, 0.25) is 0 Å². The van der Waals surface area contributed by atoms with Gasteiger partial charge >= 0.3 is 0 Å². The van der Waals surface area contributed by atoms with Crippen molar-refractivity contribution in [3.8, 4) is 0 Å². The maximum absolute atomic E-state index is 10.5. The summed E-state index contributed by atoms with van der Waals surface area (Å²) in [6.07, 6.45) is 0.527. The van der Waals surface area contributed by atoms with E-state index < -0.39 is 9.27 Å². The van der Waals surface area contributed by atoms with Crippen LogP contribution in [-0.4, -0.2) is 32.6 Å². The van der Waals surface area contributed by atoms with Crippen LogP contribution in [0.3, 0.4) is 0 Å². The molecule has 3 rings (SSSR count). The monoisotopic (exact) mass is 363 g/mol. The number of thioether (sulfide) groups is 1. The van der Waals surface area contributed by atoms with Crippen molar-refractivity contribution in [3.63, 3.8) is 0 Å². The van der Waals surface area contributed by atoms with E-state index in [9.17, 15) is 5.11 Å². The van der Waals surface area contributed by atoms with E-state index in [4.69, 9.17) is 27.9 Å². The fourth-order valence-corrected chi connectivity index (χ4v) is 6.05. The molecule has 2 aromatic rings. The zero-order chi connectivity index (χ0) is 15.1. The Morgan fingerprint density at radius 1 is 1.48 bits per heavy atom. The fraction of sp³-hybridized carbons (Fsp3) is 0.500. The molecule has 2 heterocycles. The molecule has 0 radical (unpaired) electrons. The minimum Gasteiger partial charge on any atom is -0.390 e. The average molecular weight is 364 g/mol. The lowest BCUT2D eigenvalue weighted by molar-refractivity contribution is -0.0983. The van der Waals surface area contributed by atoms with Crippen molar-refractivity contribution in [2.75, 3.05) is 13.2 Å². The molecule has 1 fully saturated rings. The maximum atomic E-state index is 10.5. The molecule has 1 aromatic carbocycles. The molecule has 1 saturated heterocycles. The Morgan fingerprint density at radius 2 is 2.24 bits per heavy atom. The lowest BCUT2D eigenvalue weighted by Crippen LogP contribution is -2.49. The van der Waals surface area contributed by atoms with E-state index in [0.29, 0.717) is 19.6 Å². The third-order valence-corrected chi connectivity index (χ3v) is 6.83. The van der Waals surface area contributed by atoms with Gasteiger partial charge in [0.1, 0.15) is 0 Å². The topological polar surface area (TPSA) is 42.4 Å². The van der Waals surface area contributed by atoms with Crippen molar-refractivity contribution >= 4 is 56.5 Å². The van der Waals surface area contributed by atoms with Crippen molar-refractivity contribution in [1.29, 1.82) is 0 Å². The number of rotatable bonds is 3. The summed E-state index contributed by atoms with van der Waals surface area (Å²) in [6.45, 7) is 2.63. The van der Waals surface area contributed by atoms with Gasteiger partial charge in [-0.05, 0) is 25.5 Å². The number of nitrogens with zero attached hydrogens (tertiary/aromatic N) is 1. The summed E-state index contributed by atoms with van der Waals surface area (Å²) in [5.41, 5.74) is -0.00777. The Labute approximate surface area is 141 Å². The highest BCUT2D eigenvalue weighted by atomic mass is 35.5. The minimum absolute atomic E-state index is 0.345.